The Morgan fingerprint density at radius 1 is 0.543 bits per heavy atom. The molecule has 0 fully saturated rings. The topological polar surface area (TPSA) is 8.81 Å². The molecular formula is C33H27N2+. The van der Waals surface area contributed by atoms with Crippen LogP contribution in [-0.4, -0.2) is 4.57 Å². The van der Waals surface area contributed by atoms with Gasteiger partial charge in [0.25, 0.3) is 5.82 Å². The van der Waals surface area contributed by atoms with E-state index in [0.29, 0.717) is 0 Å². The SMILES string of the molecule is Cc1ccccc1-c1n(-c2cc(-c3ccccc3)cc(-c3ccccc3)c2)c2ccccc2[n+]1C. The maximum atomic E-state index is 2.41. The zero-order chi connectivity index (χ0) is 23.8. The van der Waals surface area contributed by atoms with Crippen molar-refractivity contribution in [2.75, 3.05) is 0 Å². The Balaban J connectivity index is 1.70. The van der Waals surface area contributed by atoms with Crippen LogP contribution in [0.2, 0.25) is 0 Å². The summed E-state index contributed by atoms with van der Waals surface area (Å²) in [6, 6.07) is 45.5. The Kier molecular flexibility index (Phi) is 5.27. The zero-order valence-corrected chi connectivity index (χ0v) is 20.0. The van der Waals surface area contributed by atoms with Crippen molar-refractivity contribution in [2.24, 2.45) is 7.05 Å². The second-order valence-electron chi connectivity index (χ2n) is 9.02. The van der Waals surface area contributed by atoms with E-state index in [1.54, 1.807) is 0 Å². The van der Waals surface area contributed by atoms with Crippen LogP contribution in [0.25, 0.3) is 50.4 Å². The van der Waals surface area contributed by atoms with Crippen molar-refractivity contribution in [1.82, 2.24) is 4.57 Å². The maximum Gasteiger partial charge on any atom is 0.295 e. The van der Waals surface area contributed by atoms with Crippen LogP contribution < -0.4 is 4.57 Å². The summed E-state index contributed by atoms with van der Waals surface area (Å²) in [4.78, 5) is 0. The van der Waals surface area contributed by atoms with E-state index in [1.807, 2.05) is 0 Å². The van der Waals surface area contributed by atoms with Crippen LogP contribution in [0.5, 0.6) is 0 Å². The molecule has 0 spiro atoms. The Labute approximate surface area is 206 Å². The van der Waals surface area contributed by atoms with Gasteiger partial charge in [0.1, 0.15) is 5.69 Å². The summed E-state index contributed by atoms with van der Waals surface area (Å²) in [6.07, 6.45) is 0. The fourth-order valence-corrected chi connectivity index (χ4v) is 5.04. The van der Waals surface area contributed by atoms with E-state index in [9.17, 15) is 0 Å². The van der Waals surface area contributed by atoms with Crippen molar-refractivity contribution >= 4 is 11.0 Å². The molecular weight excluding hydrogens is 424 g/mol. The number of hydrogen-bond donors (Lipinski definition) is 0. The Bertz CT molecular complexity index is 1590. The minimum absolute atomic E-state index is 1.15. The molecule has 6 rings (SSSR count). The van der Waals surface area contributed by atoms with E-state index in [2.05, 4.69) is 150 Å². The summed E-state index contributed by atoms with van der Waals surface area (Å²) >= 11 is 0. The smallest absolute Gasteiger partial charge is 0.225 e. The minimum Gasteiger partial charge on any atom is -0.225 e. The van der Waals surface area contributed by atoms with Gasteiger partial charge in [-0.15, -0.1) is 0 Å². The number of nitrogens with zero attached hydrogens (tertiary/aromatic N) is 2. The van der Waals surface area contributed by atoms with Crippen LogP contribution in [-0.2, 0) is 7.05 Å². The Morgan fingerprint density at radius 2 is 1.09 bits per heavy atom. The normalized spacial score (nSPS) is 11.1. The van der Waals surface area contributed by atoms with E-state index in [0.717, 1.165) is 5.69 Å². The van der Waals surface area contributed by atoms with Crippen LogP contribution in [0.15, 0.2) is 127 Å². The average molecular weight is 452 g/mol. The fourth-order valence-electron chi connectivity index (χ4n) is 5.04. The molecule has 1 aromatic heterocycles. The number of para-hydroxylation sites is 2. The molecule has 0 saturated carbocycles. The highest BCUT2D eigenvalue weighted by Crippen LogP contribution is 2.34. The first kappa shape index (κ1) is 21.1. The minimum atomic E-state index is 1.15. The highest BCUT2D eigenvalue weighted by Gasteiger charge is 2.27. The molecule has 0 N–H and O–H groups in total. The van der Waals surface area contributed by atoms with E-state index in [1.165, 1.54) is 50.2 Å². The lowest BCUT2D eigenvalue weighted by Crippen LogP contribution is -2.30. The second kappa shape index (κ2) is 8.73. The van der Waals surface area contributed by atoms with Gasteiger partial charge < -0.3 is 0 Å². The third-order valence-corrected chi connectivity index (χ3v) is 6.79. The Hall–Kier alpha value is -4.43. The molecule has 0 amide bonds. The second-order valence-corrected chi connectivity index (χ2v) is 9.02. The van der Waals surface area contributed by atoms with Crippen molar-refractivity contribution in [1.29, 1.82) is 0 Å². The van der Waals surface area contributed by atoms with Crippen molar-refractivity contribution < 1.29 is 4.57 Å². The van der Waals surface area contributed by atoms with Gasteiger partial charge in [0.15, 0.2) is 11.0 Å². The molecule has 1 heterocycles. The summed E-state index contributed by atoms with van der Waals surface area (Å²) in [6.45, 7) is 2.19. The van der Waals surface area contributed by atoms with E-state index < -0.39 is 0 Å². The van der Waals surface area contributed by atoms with Crippen molar-refractivity contribution in [3.63, 3.8) is 0 Å². The summed E-state index contributed by atoms with van der Waals surface area (Å²) in [5, 5.41) is 0. The fraction of sp³-hybridized carbons (Fsp3) is 0.0606. The number of fused-ring (bicyclic) bond motifs is 1. The number of rotatable bonds is 4. The average Bonchev–Trinajstić information content (AvgIpc) is 3.22. The lowest BCUT2D eigenvalue weighted by molar-refractivity contribution is -0.633. The standard InChI is InChI=1S/C33H27N2/c1-24-13-9-10-18-30(24)33-34(2)31-19-11-12-20-32(31)35(33)29-22-27(25-14-5-3-6-15-25)21-28(23-29)26-16-7-4-8-17-26/h3-23H,1-2H3/q+1. The maximum absolute atomic E-state index is 2.41. The van der Waals surface area contributed by atoms with Gasteiger partial charge >= 0.3 is 0 Å². The zero-order valence-electron chi connectivity index (χ0n) is 20.0. The summed E-state index contributed by atoms with van der Waals surface area (Å²) in [5.74, 6) is 1.17. The summed E-state index contributed by atoms with van der Waals surface area (Å²) in [5.41, 5.74) is 10.9. The van der Waals surface area contributed by atoms with Gasteiger partial charge in [0.05, 0.1) is 12.6 Å². The first-order chi connectivity index (χ1) is 17.2. The highest BCUT2D eigenvalue weighted by atomic mass is 15.2. The summed E-state index contributed by atoms with van der Waals surface area (Å²) < 4.78 is 4.73. The molecule has 0 atom stereocenters. The van der Waals surface area contributed by atoms with Gasteiger partial charge in [-0.05, 0) is 71.1 Å². The van der Waals surface area contributed by atoms with Gasteiger partial charge in [-0.1, -0.05) is 91.0 Å². The molecule has 5 aromatic carbocycles. The molecule has 0 radical (unpaired) electrons. The molecule has 6 aromatic rings. The van der Waals surface area contributed by atoms with E-state index in [4.69, 9.17) is 0 Å². The van der Waals surface area contributed by atoms with Crippen LogP contribution in [0, 0.1) is 6.92 Å². The highest BCUT2D eigenvalue weighted by molar-refractivity contribution is 5.83. The molecule has 0 aliphatic heterocycles. The molecule has 2 heteroatoms. The van der Waals surface area contributed by atoms with E-state index in [-0.39, 0.29) is 0 Å². The first-order valence-corrected chi connectivity index (χ1v) is 12.0. The number of hydrogen-bond acceptors (Lipinski definition) is 0. The van der Waals surface area contributed by atoms with Crippen LogP contribution in [0.4, 0.5) is 0 Å². The number of aromatic nitrogens is 2. The number of imidazole rings is 1. The van der Waals surface area contributed by atoms with Gasteiger partial charge in [-0.25, -0.2) is 4.57 Å². The van der Waals surface area contributed by atoms with Crippen molar-refractivity contribution in [2.45, 2.75) is 6.92 Å². The molecule has 2 nitrogen and oxygen atoms in total. The monoisotopic (exact) mass is 451 g/mol. The quantitative estimate of drug-likeness (QED) is 0.242. The molecule has 0 aliphatic carbocycles. The van der Waals surface area contributed by atoms with Crippen LogP contribution in [0.3, 0.4) is 0 Å². The molecule has 0 aliphatic rings. The third kappa shape index (κ3) is 3.74. The van der Waals surface area contributed by atoms with Gasteiger partial charge in [0, 0.05) is 0 Å². The summed E-state index contributed by atoms with van der Waals surface area (Å²) in [7, 11) is 2.17. The third-order valence-electron chi connectivity index (χ3n) is 6.79. The number of aryl methyl sites for hydroxylation is 2. The Morgan fingerprint density at radius 3 is 1.71 bits per heavy atom. The molecule has 0 bridgehead atoms. The van der Waals surface area contributed by atoms with Gasteiger partial charge in [-0.3, -0.25) is 0 Å². The van der Waals surface area contributed by atoms with Crippen LogP contribution in [0.1, 0.15) is 5.56 Å². The molecule has 168 valence electrons. The van der Waals surface area contributed by atoms with Gasteiger partial charge in [0.2, 0.25) is 0 Å². The van der Waals surface area contributed by atoms with Gasteiger partial charge in [-0.2, -0.15) is 4.57 Å². The number of benzene rings is 5. The lowest BCUT2D eigenvalue weighted by atomic mass is 9.97. The molecule has 0 saturated heterocycles. The predicted octanol–water partition coefficient (Wildman–Crippen LogP) is 7.76. The molecule has 0 unspecified atom stereocenters. The molecule has 35 heavy (non-hydrogen) atoms. The van der Waals surface area contributed by atoms with Crippen molar-refractivity contribution in [3.05, 3.63) is 133 Å². The first-order valence-electron chi connectivity index (χ1n) is 12.0. The lowest BCUT2D eigenvalue weighted by Gasteiger charge is -2.11. The van der Waals surface area contributed by atoms with Crippen LogP contribution >= 0.6 is 0 Å². The predicted molar refractivity (Wildman–Crippen MR) is 145 cm³/mol. The van der Waals surface area contributed by atoms with Crippen molar-refractivity contribution in [3.8, 4) is 39.3 Å². The largest absolute Gasteiger partial charge is 0.295 e. The van der Waals surface area contributed by atoms with E-state index >= 15 is 0 Å².